The fraction of sp³-hybridized carbons (Fsp3) is 0.500. The first-order chi connectivity index (χ1) is 13.9. The number of hydrogen-bond donors (Lipinski definition) is 3. The molecule has 2 aliphatic carbocycles. The van der Waals surface area contributed by atoms with Crippen molar-refractivity contribution in [1.82, 2.24) is 19.8 Å². The monoisotopic (exact) mass is 417 g/mol. The number of anilines is 1. The van der Waals surface area contributed by atoms with Gasteiger partial charge in [0.1, 0.15) is 0 Å². The molecule has 0 saturated carbocycles. The van der Waals surface area contributed by atoms with Gasteiger partial charge < -0.3 is 10.2 Å². The van der Waals surface area contributed by atoms with Gasteiger partial charge in [-0.3, -0.25) is 5.10 Å². The molecule has 0 fully saturated rings. The molecule has 0 aliphatic heterocycles. The van der Waals surface area contributed by atoms with Crippen molar-refractivity contribution >= 4 is 21.7 Å². The lowest BCUT2D eigenvalue weighted by atomic mass is 9.99. The molecule has 9 heteroatoms. The molecule has 1 aromatic heterocycles. The Morgan fingerprint density at radius 2 is 1.79 bits per heavy atom. The van der Waals surface area contributed by atoms with Gasteiger partial charge in [-0.1, -0.05) is 13.0 Å². The van der Waals surface area contributed by atoms with Crippen molar-refractivity contribution in [3.8, 4) is 0 Å². The number of benzene rings is 1. The number of rotatable bonds is 6. The van der Waals surface area contributed by atoms with E-state index in [1.54, 1.807) is 0 Å². The Labute approximate surface area is 171 Å². The number of sulfonamides is 1. The Bertz CT molecular complexity index is 1010. The topological polar surface area (TPSA) is 107 Å². The van der Waals surface area contributed by atoms with E-state index >= 15 is 0 Å². The van der Waals surface area contributed by atoms with Crippen LogP contribution in [-0.4, -0.2) is 43.1 Å². The zero-order valence-electron chi connectivity index (χ0n) is 16.8. The summed E-state index contributed by atoms with van der Waals surface area (Å²) in [5.41, 5.74) is 6.36. The summed E-state index contributed by atoms with van der Waals surface area (Å²) in [6, 6.07) is 2.98. The van der Waals surface area contributed by atoms with E-state index in [0.717, 1.165) is 61.9 Å². The molecule has 8 nitrogen and oxygen atoms in total. The van der Waals surface area contributed by atoms with Crippen molar-refractivity contribution in [3.05, 3.63) is 40.1 Å². The lowest BCUT2D eigenvalue weighted by Gasteiger charge is -2.16. The van der Waals surface area contributed by atoms with Crippen LogP contribution in [0.5, 0.6) is 0 Å². The third-order valence-corrected chi connectivity index (χ3v) is 7.02. The minimum absolute atomic E-state index is 0.185. The average Bonchev–Trinajstić information content (AvgIpc) is 3.41. The van der Waals surface area contributed by atoms with Crippen LogP contribution in [0, 0.1) is 0 Å². The molecule has 0 atom stereocenters. The summed E-state index contributed by atoms with van der Waals surface area (Å²) in [5.74, 6) is 0. The summed E-state index contributed by atoms with van der Waals surface area (Å²) in [6.45, 7) is 3.39. The normalized spacial score (nSPS) is 15.4. The van der Waals surface area contributed by atoms with Gasteiger partial charge in [-0.15, -0.1) is 0 Å². The number of nitrogens with zero attached hydrogens (tertiary/aromatic N) is 2. The van der Waals surface area contributed by atoms with Crippen molar-refractivity contribution in [2.45, 2.75) is 57.0 Å². The fourth-order valence-electron chi connectivity index (χ4n) is 4.24. The van der Waals surface area contributed by atoms with Gasteiger partial charge >= 0.3 is 6.03 Å². The molecule has 0 saturated heterocycles. The summed E-state index contributed by atoms with van der Waals surface area (Å²) in [7, 11) is -2.12. The molecule has 0 unspecified atom stereocenters. The number of carbonyl (C=O) groups excluding carboxylic acids is 1. The second kappa shape index (κ2) is 7.79. The Morgan fingerprint density at radius 3 is 2.41 bits per heavy atom. The minimum atomic E-state index is -4.05. The molecule has 2 aromatic rings. The Hall–Kier alpha value is -2.39. The lowest BCUT2D eigenvalue weighted by Crippen LogP contribution is -2.35. The van der Waals surface area contributed by atoms with Crippen LogP contribution in [0.25, 0.3) is 0 Å². The van der Waals surface area contributed by atoms with Gasteiger partial charge in [-0.05, 0) is 74.4 Å². The molecule has 0 bridgehead atoms. The molecule has 2 amide bonds. The Morgan fingerprint density at radius 1 is 1.14 bits per heavy atom. The number of fused-ring (bicyclic) bond motifs is 2. The fourth-order valence-corrected chi connectivity index (χ4v) is 5.11. The van der Waals surface area contributed by atoms with Crippen molar-refractivity contribution in [2.24, 2.45) is 0 Å². The maximum absolute atomic E-state index is 12.6. The van der Waals surface area contributed by atoms with Gasteiger partial charge in [0.2, 0.25) is 0 Å². The second-order valence-corrected chi connectivity index (χ2v) is 9.48. The number of carbonyl (C=O) groups is 1. The maximum Gasteiger partial charge on any atom is 0.333 e. The smallest absolute Gasteiger partial charge is 0.307 e. The summed E-state index contributed by atoms with van der Waals surface area (Å²) < 4.78 is 27.3. The van der Waals surface area contributed by atoms with Crippen LogP contribution in [0.2, 0.25) is 0 Å². The third kappa shape index (κ3) is 4.02. The van der Waals surface area contributed by atoms with Crippen molar-refractivity contribution < 1.29 is 13.2 Å². The highest BCUT2D eigenvalue weighted by Crippen LogP contribution is 2.38. The van der Waals surface area contributed by atoms with Crippen LogP contribution in [0.15, 0.2) is 17.2 Å². The molecule has 2 aliphatic rings. The van der Waals surface area contributed by atoms with Crippen molar-refractivity contribution in [2.75, 3.05) is 18.9 Å². The second-order valence-electron chi connectivity index (χ2n) is 7.86. The van der Waals surface area contributed by atoms with Gasteiger partial charge in [0.25, 0.3) is 10.0 Å². The molecule has 1 aromatic carbocycles. The molecule has 4 rings (SSSR count). The molecular weight excluding hydrogens is 390 g/mol. The van der Waals surface area contributed by atoms with E-state index in [2.05, 4.69) is 26.3 Å². The first-order valence-electron chi connectivity index (χ1n) is 10.1. The van der Waals surface area contributed by atoms with Gasteiger partial charge in [0.15, 0.2) is 5.03 Å². The number of aryl methyl sites for hydroxylation is 2. The van der Waals surface area contributed by atoms with Crippen LogP contribution < -0.4 is 10.0 Å². The molecular formula is C20H27N5O3S. The quantitative estimate of drug-likeness (QED) is 0.669. The van der Waals surface area contributed by atoms with Crippen LogP contribution in [0.3, 0.4) is 0 Å². The summed E-state index contributed by atoms with van der Waals surface area (Å²) >= 11 is 0. The maximum atomic E-state index is 12.6. The number of H-pyrrole nitrogens is 1. The average molecular weight is 418 g/mol. The van der Waals surface area contributed by atoms with Gasteiger partial charge in [-0.2, -0.15) is 13.5 Å². The number of nitrogens with one attached hydrogen (secondary N) is 3. The first kappa shape index (κ1) is 19.9. The predicted molar refractivity (Wildman–Crippen MR) is 110 cm³/mol. The number of hydrogen-bond acceptors (Lipinski definition) is 5. The highest BCUT2D eigenvalue weighted by molar-refractivity contribution is 7.90. The van der Waals surface area contributed by atoms with Crippen molar-refractivity contribution in [3.63, 3.8) is 0 Å². The predicted octanol–water partition coefficient (Wildman–Crippen LogP) is 2.35. The van der Waals surface area contributed by atoms with Crippen LogP contribution >= 0.6 is 0 Å². The van der Waals surface area contributed by atoms with E-state index in [0.29, 0.717) is 12.2 Å². The Balaban J connectivity index is 1.51. The molecule has 1 heterocycles. The highest BCUT2D eigenvalue weighted by Gasteiger charge is 2.27. The van der Waals surface area contributed by atoms with E-state index in [4.69, 9.17) is 0 Å². The van der Waals surface area contributed by atoms with Crippen molar-refractivity contribution in [1.29, 1.82) is 0 Å². The molecule has 3 N–H and O–H groups in total. The number of amides is 2. The zero-order valence-corrected chi connectivity index (χ0v) is 17.7. The lowest BCUT2D eigenvalue weighted by molar-refractivity contribution is 0.256. The van der Waals surface area contributed by atoms with Gasteiger partial charge in [0, 0.05) is 18.3 Å². The standard InChI is InChI=1S/C20H27N5O3S/c1-3-25(2)12-15-11-18(23-22-15)29(27,28)24-20(26)21-19-16-8-4-6-13(16)10-14-7-5-9-17(14)19/h10-11H,3-9,12H2,1-2H3,(H,22,23)(H2,21,24,26). The molecule has 0 spiro atoms. The number of aromatic amines is 1. The van der Waals surface area contributed by atoms with Crippen LogP contribution in [0.4, 0.5) is 10.5 Å². The van der Waals surface area contributed by atoms with E-state index in [1.165, 1.54) is 17.2 Å². The van der Waals surface area contributed by atoms with Crippen LogP contribution in [-0.2, 0) is 42.3 Å². The third-order valence-electron chi connectivity index (χ3n) is 5.80. The summed E-state index contributed by atoms with van der Waals surface area (Å²) in [4.78, 5) is 14.6. The Kier molecular flexibility index (Phi) is 5.35. The van der Waals surface area contributed by atoms with E-state index in [-0.39, 0.29) is 5.03 Å². The zero-order chi connectivity index (χ0) is 20.6. The summed E-state index contributed by atoms with van der Waals surface area (Å²) in [6.07, 6.45) is 5.99. The van der Waals surface area contributed by atoms with Gasteiger partial charge in [0.05, 0.1) is 5.69 Å². The largest absolute Gasteiger partial charge is 0.333 e. The number of urea groups is 1. The van der Waals surface area contributed by atoms with Gasteiger partial charge in [-0.25, -0.2) is 9.52 Å². The molecule has 0 radical (unpaired) electrons. The van der Waals surface area contributed by atoms with Crippen LogP contribution in [0.1, 0.15) is 47.7 Å². The van der Waals surface area contributed by atoms with E-state index in [9.17, 15) is 13.2 Å². The SMILES string of the molecule is CCN(C)Cc1cc(S(=O)(=O)NC(=O)Nc2c3c(cc4c2CCC4)CCC3)n[nH]1. The first-order valence-corrected chi connectivity index (χ1v) is 11.6. The van der Waals surface area contributed by atoms with E-state index < -0.39 is 16.1 Å². The molecule has 29 heavy (non-hydrogen) atoms. The minimum Gasteiger partial charge on any atom is -0.307 e. The highest BCUT2D eigenvalue weighted by atomic mass is 32.2. The molecule has 156 valence electrons. The number of aromatic nitrogens is 2. The van der Waals surface area contributed by atoms with E-state index in [1.807, 2.05) is 18.9 Å². The summed E-state index contributed by atoms with van der Waals surface area (Å²) in [5, 5.41) is 9.25.